The number of amides is 1. The van der Waals surface area contributed by atoms with Crippen molar-refractivity contribution in [3.05, 3.63) is 47.3 Å². The number of nitrogens with zero attached hydrogens (tertiary/aromatic N) is 5. The van der Waals surface area contributed by atoms with Crippen molar-refractivity contribution in [1.82, 2.24) is 23.9 Å². The first-order valence-corrected chi connectivity index (χ1v) is 13.2. The first kappa shape index (κ1) is 22.9. The maximum Gasteiger partial charge on any atom is 0.225 e. The molecule has 2 saturated heterocycles. The van der Waals surface area contributed by atoms with E-state index in [2.05, 4.69) is 30.9 Å². The van der Waals surface area contributed by atoms with Crippen molar-refractivity contribution >= 4 is 15.9 Å². The number of carbonyl (C=O) groups is 1. The Labute approximate surface area is 190 Å². The van der Waals surface area contributed by atoms with Gasteiger partial charge < -0.3 is 4.90 Å². The van der Waals surface area contributed by atoms with Crippen molar-refractivity contribution in [1.29, 1.82) is 0 Å². The lowest BCUT2D eigenvalue weighted by molar-refractivity contribution is -0.138. The molecule has 174 valence electrons. The van der Waals surface area contributed by atoms with Crippen LogP contribution >= 0.6 is 0 Å². The first-order valence-electron chi connectivity index (χ1n) is 11.3. The SMILES string of the molecule is Cc1nn(-c2ccccc2)c(C)c1CN1CCN(C(=O)C2CCN(S(C)(=O)=O)CC2)CC1. The fraction of sp³-hybridized carbons (Fsp3) is 0.565. The number of piperidine rings is 1. The van der Waals surface area contributed by atoms with Crippen LogP contribution in [0.4, 0.5) is 0 Å². The summed E-state index contributed by atoms with van der Waals surface area (Å²) >= 11 is 0. The summed E-state index contributed by atoms with van der Waals surface area (Å²) < 4.78 is 26.9. The molecular formula is C23H33N5O3S. The molecule has 32 heavy (non-hydrogen) atoms. The third-order valence-corrected chi connectivity index (χ3v) is 8.08. The molecule has 0 radical (unpaired) electrons. The van der Waals surface area contributed by atoms with Gasteiger partial charge in [0.15, 0.2) is 0 Å². The van der Waals surface area contributed by atoms with E-state index in [0.717, 1.165) is 49.8 Å². The highest BCUT2D eigenvalue weighted by Gasteiger charge is 2.32. The number of hydrogen-bond donors (Lipinski definition) is 0. The van der Waals surface area contributed by atoms with E-state index in [1.54, 1.807) is 0 Å². The van der Waals surface area contributed by atoms with E-state index < -0.39 is 10.0 Å². The molecule has 1 aromatic carbocycles. The second-order valence-corrected chi connectivity index (χ2v) is 10.9. The molecule has 0 aliphatic carbocycles. The van der Waals surface area contributed by atoms with Gasteiger partial charge >= 0.3 is 0 Å². The van der Waals surface area contributed by atoms with Crippen LogP contribution in [0.25, 0.3) is 5.69 Å². The molecule has 9 heteroatoms. The van der Waals surface area contributed by atoms with Crippen molar-refractivity contribution in [2.24, 2.45) is 5.92 Å². The molecule has 2 aliphatic rings. The average Bonchev–Trinajstić information content (AvgIpc) is 3.07. The molecule has 2 fully saturated rings. The number of aromatic nitrogens is 2. The van der Waals surface area contributed by atoms with Gasteiger partial charge in [-0.15, -0.1) is 0 Å². The summed E-state index contributed by atoms with van der Waals surface area (Å²) in [7, 11) is -3.17. The van der Waals surface area contributed by atoms with Crippen LogP contribution in [0.3, 0.4) is 0 Å². The maximum absolute atomic E-state index is 13.0. The van der Waals surface area contributed by atoms with Gasteiger partial charge in [0.1, 0.15) is 0 Å². The molecule has 0 atom stereocenters. The zero-order chi connectivity index (χ0) is 22.9. The summed E-state index contributed by atoms with van der Waals surface area (Å²) in [6, 6.07) is 10.2. The number of rotatable bonds is 5. The lowest BCUT2D eigenvalue weighted by Gasteiger charge is -2.38. The van der Waals surface area contributed by atoms with Gasteiger partial charge in [-0.2, -0.15) is 5.10 Å². The molecule has 2 aromatic rings. The van der Waals surface area contributed by atoms with Gasteiger partial charge in [-0.25, -0.2) is 17.4 Å². The van der Waals surface area contributed by atoms with E-state index in [9.17, 15) is 13.2 Å². The highest BCUT2D eigenvalue weighted by Crippen LogP contribution is 2.23. The van der Waals surface area contributed by atoms with Gasteiger partial charge in [0.05, 0.1) is 17.6 Å². The number of aryl methyl sites for hydroxylation is 1. The highest BCUT2D eigenvalue weighted by atomic mass is 32.2. The highest BCUT2D eigenvalue weighted by molar-refractivity contribution is 7.88. The van der Waals surface area contributed by atoms with Crippen LogP contribution in [0.2, 0.25) is 0 Å². The predicted molar refractivity (Wildman–Crippen MR) is 124 cm³/mol. The fourth-order valence-corrected chi connectivity index (χ4v) is 5.64. The lowest BCUT2D eigenvalue weighted by atomic mass is 9.96. The quantitative estimate of drug-likeness (QED) is 0.681. The molecule has 8 nitrogen and oxygen atoms in total. The summed E-state index contributed by atoms with van der Waals surface area (Å²) in [5, 5.41) is 4.75. The largest absolute Gasteiger partial charge is 0.340 e. The Bertz CT molecular complexity index is 1050. The summed E-state index contributed by atoms with van der Waals surface area (Å²) in [6.45, 7) is 9.01. The number of para-hydroxylation sites is 1. The second-order valence-electron chi connectivity index (χ2n) is 8.93. The summed E-state index contributed by atoms with van der Waals surface area (Å²) in [6.07, 6.45) is 2.47. The summed E-state index contributed by atoms with van der Waals surface area (Å²) in [4.78, 5) is 17.3. The normalized spacial score (nSPS) is 19.4. The molecule has 2 aliphatic heterocycles. The van der Waals surface area contributed by atoms with Crippen LogP contribution in [-0.2, 0) is 21.4 Å². The van der Waals surface area contributed by atoms with Crippen molar-refractivity contribution in [3.8, 4) is 5.69 Å². The Hall–Kier alpha value is -2.23. The van der Waals surface area contributed by atoms with Crippen LogP contribution < -0.4 is 0 Å². The Kier molecular flexibility index (Phi) is 6.69. The first-order chi connectivity index (χ1) is 15.2. The van der Waals surface area contributed by atoms with E-state index in [4.69, 9.17) is 5.10 Å². The molecule has 0 N–H and O–H groups in total. The Morgan fingerprint density at radius 3 is 2.22 bits per heavy atom. The minimum atomic E-state index is -3.17. The number of hydrogen-bond acceptors (Lipinski definition) is 5. The van der Waals surface area contributed by atoms with Gasteiger partial charge in [0, 0.05) is 63.0 Å². The molecule has 3 heterocycles. The zero-order valence-electron chi connectivity index (χ0n) is 19.2. The number of benzene rings is 1. The van der Waals surface area contributed by atoms with Crippen LogP contribution in [0.15, 0.2) is 30.3 Å². The van der Waals surface area contributed by atoms with E-state index in [0.29, 0.717) is 25.9 Å². The van der Waals surface area contributed by atoms with Crippen LogP contribution in [0, 0.1) is 19.8 Å². The third-order valence-electron chi connectivity index (χ3n) is 6.78. The van der Waals surface area contributed by atoms with E-state index >= 15 is 0 Å². The molecule has 0 saturated carbocycles. The summed E-state index contributed by atoms with van der Waals surface area (Å²) in [5.74, 6) is 0.121. The lowest BCUT2D eigenvalue weighted by Crippen LogP contribution is -2.51. The van der Waals surface area contributed by atoms with Crippen LogP contribution in [0.5, 0.6) is 0 Å². The van der Waals surface area contributed by atoms with Crippen molar-refractivity contribution < 1.29 is 13.2 Å². The molecule has 0 unspecified atom stereocenters. The molecule has 1 aromatic heterocycles. The van der Waals surface area contributed by atoms with Crippen LogP contribution in [0.1, 0.15) is 29.8 Å². The molecule has 0 bridgehead atoms. The Balaban J connectivity index is 1.32. The molecular weight excluding hydrogens is 426 g/mol. The van der Waals surface area contributed by atoms with Crippen LogP contribution in [-0.4, -0.2) is 83.7 Å². The molecule has 0 spiro atoms. The van der Waals surface area contributed by atoms with Gasteiger partial charge in [0.25, 0.3) is 0 Å². The topological polar surface area (TPSA) is 78.8 Å². The Morgan fingerprint density at radius 2 is 1.62 bits per heavy atom. The minimum absolute atomic E-state index is 0.0619. The Morgan fingerprint density at radius 1 is 1.00 bits per heavy atom. The monoisotopic (exact) mass is 459 g/mol. The van der Waals surface area contributed by atoms with E-state index in [1.807, 2.05) is 27.8 Å². The number of piperazine rings is 1. The van der Waals surface area contributed by atoms with Crippen molar-refractivity contribution in [2.75, 3.05) is 45.5 Å². The van der Waals surface area contributed by atoms with Gasteiger partial charge in [-0.1, -0.05) is 18.2 Å². The fourth-order valence-electron chi connectivity index (χ4n) is 4.77. The van der Waals surface area contributed by atoms with Crippen molar-refractivity contribution in [2.45, 2.75) is 33.2 Å². The number of carbonyl (C=O) groups excluding carboxylic acids is 1. The molecule has 1 amide bonds. The van der Waals surface area contributed by atoms with Gasteiger partial charge in [-0.3, -0.25) is 9.69 Å². The standard InChI is InChI=1S/C23H33N5O3S/c1-18-22(19(2)28(24-18)21-7-5-4-6-8-21)17-25-13-15-26(16-14-25)23(29)20-9-11-27(12-10-20)32(3,30)31/h4-8,20H,9-17H2,1-3H3. The predicted octanol–water partition coefficient (Wildman–Crippen LogP) is 1.80. The number of sulfonamides is 1. The summed E-state index contributed by atoms with van der Waals surface area (Å²) in [5.41, 5.74) is 4.52. The van der Waals surface area contributed by atoms with E-state index in [1.165, 1.54) is 16.1 Å². The van der Waals surface area contributed by atoms with Crippen molar-refractivity contribution in [3.63, 3.8) is 0 Å². The second kappa shape index (κ2) is 9.33. The molecule has 4 rings (SSSR count). The van der Waals surface area contributed by atoms with Gasteiger partial charge in [0.2, 0.25) is 15.9 Å². The zero-order valence-corrected chi connectivity index (χ0v) is 20.0. The van der Waals surface area contributed by atoms with Gasteiger partial charge in [-0.05, 0) is 38.8 Å². The smallest absolute Gasteiger partial charge is 0.225 e. The maximum atomic E-state index is 13.0. The van der Waals surface area contributed by atoms with E-state index in [-0.39, 0.29) is 11.8 Å². The average molecular weight is 460 g/mol. The third kappa shape index (κ3) is 4.89. The minimum Gasteiger partial charge on any atom is -0.340 e.